The Morgan fingerprint density at radius 3 is 2.57 bits per heavy atom. The number of pyridine rings is 1. The Morgan fingerprint density at radius 1 is 1.29 bits per heavy atom. The molecule has 0 amide bonds. The predicted molar refractivity (Wildman–Crippen MR) is 90.2 cm³/mol. The first kappa shape index (κ1) is 18.2. The van der Waals surface area contributed by atoms with Crippen molar-refractivity contribution in [1.29, 1.82) is 0 Å². The number of likely N-dealkylation sites (N-methyl/N-ethyl adjacent to an activating group) is 1. The molecule has 1 aromatic heterocycles. The Hall–Kier alpha value is -0.840. The van der Waals surface area contributed by atoms with Gasteiger partial charge in [-0.1, -0.05) is 11.6 Å². The third-order valence-electron chi connectivity index (χ3n) is 3.11. The molecule has 0 bridgehead atoms. The molecule has 21 heavy (non-hydrogen) atoms. The molecule has 120 valence electrons. The summed E-state index contributed by atoms with van der Waals surface area (Å²) in [7, 11) is 0. The topological polar surface area (TPSA) is 37.4 Å². The summed E-state index contributed by atoms with van der Waals surface area (Å²) in [6, 6.07) is 3.89. The van der Waals surface area contributed by atoms with Gasteiger partial charge in [-0.25, -0.2) is 4.98 Å². The summed E-state index contributed by atoms with van der Waals surface area (Å²) in [5.74, 6) is 0.951. The van der Waals surface area contributed by atoms with Crippen LogP contribution in [0.3, 0.4) is 0 Å². The van der Waals surface area contributed by atoms with Crippen molar-refractivity contribution < 1.29 is 4.74 Å². The van der Waals surface area contributed by atoms with Gasteiger partial charge < -0.3 is 15.0 Å². The number of rotatable bonds is 8. The second-order valence-electron chi connectivity index (χ2n) is 5.98. The molecule has 5 heteroatoms. The highest BCUT2D eigenvalue weighted by molar-refractivity contribution is 6.31. The Bertz CT molecular complexity index is 432. The molecule has 0 aromatic carbocycles. The SMILES string of the molecule is CCOCCN(CC)c1ccc(Cl)c(CNC(C)(C)C)n1. The number of anilines is 1. The molecule has 1 rings (SSSR count). The maximum Gasteiger partial charge on any atom is 0.129 e. The van der Waals surface area contributed by atoms with Crippen LogP contribution < -0.4 is 10.2 Å². The molecule has 0 saturated heterocycles. The maximum absolute atomic E-state index is 6.25. The van der Waals surface area contributed by atoms with E-state index in [0.29, 0.717) is 18.2 Å². The smallest absolute Gasteiger partial charge is 0.129 e. The lowest BCUT2D eigenvalue weighted by Gasteiger charge is -2.24. The van der Waals surface area contributed by atoms with E-state index in [1.165, 1.54) is 0 Å². The molecule has 0 atom stereocenters. The van der Waals surface area contributed by atoms with Crippen molar-refractivity contribution in [2.75, 3.05) is 31.2 Å². The van der Waals surface area contributed by atoms with Crippen molar-refractivity contribution in [2.45, 2.75) is 46.7 Å². The lowest BCUT2D eigenvalue weighted by Crippen LogP contribution is -2.35. The number of aromatic nitrogens is 1. The van der Waals surface area contributed by atoms with E-state index in [9.17, 15) is 0 Å². The van der Waals surface area contributed by atoms with Gasteiger partial charge in [0.05, 0.1) is 17.3 Å². The highest BCUT2D eigenvalue weighted by atomic mass is 35.5. The minimum atomic E-state index is 0.0421. The lowest BCUT2D eigenvalue weighted by molar-refractivity contribution is 0.154. The van der Waals surface area contributed by atoms with Crippen LogP contribution in [0, 0.1) is 0 Å². The van der Waals surface area contributed by atoms with E-state index >= 15 is 0 Å². The highest BCUT2D eigenvalue weighted by Gasteiger charge is 2.13. The highest BCUT2D eigenvalue weighted by Crippen LogP contribution is 2.20. The fourth-order valence-corrected chi connectivity index (χ4v) is 2.05. The summed E-state index contributed by atoms with van der Waals surface area (Å²) in [6.07, 6.45) is 0. The molecule has 0 aliphatic rings. The number of halogens is 1. The van der Waals surface area contributed by atoms with Gasteiger partial charge in [0.2, 0.25) is 0 Å². The van der Waals surface area contributed by atoms with E-state index in [1.54, 1.807) is 0 Å². The van der Waals surface area contributed by atoms with Crippen LogP contribution in [0.1, 0.15) is 40.3 Å². The van der Waals surface area contributed by atoms with Crippen LogP contribution >= 0.6 is 11.6 Å². The average Bonchev–Trinajstić information content (AvgIpc) is 2.42. The first-order chi connectivity index (χ1) is 9.87. The maximum atomic E-state index is 6.25. The van der Waals surface area contributed by atoms with Gasteiger partial charge in [0.1, 0.15) is 5.82 Å². The molecule has 1 N–H and O–H groups in total. The fourth-order valence-electron chi connectivity index (χ4n) is 1.88. The Kier molecular flexibility index (Phi) is 7.43. The van der Waals surface area contributed by atoms with E-state index in [2.05, 4.69) is 37.9 Å². The predicted octanol–water partition coefficient (Wildman–Crippen LogP) is 3.49. The van der Waals surface area contributed by atoms with Crippen LogP contribution in [0.4, 0.5) is 5.82 Å². The van der Waals surface area contributed by atoms with Gasteiger partial charge in [-0.05, 0) is 46.8 Å². The van der Waals surface area contributed by atoms with Crippen molar-refractivity contribution in [3.8, 4) is 0 Å². The van der Waals surface area contributed by atoms with Crippen LogP contribution in [0.25, 0.3) is 0 Å². The van der Waals surface area contributed by atoms with Crippen molar-refractivity contribution in [2.24, 2.45) is 0 Å². The van der Waals surface area contributed by atoms with Crippen LogP contribution in [0.15, 0.2) is 12.1 Å². The van der Waals surface area contributed by atoms with E-state index in [0.717, 1.165) is 31.2 Å². The average molecular weight is 314 g/mol. The standard InChI is InChI=1S/C16H28ClN3O/c1-6-20(10-11-21-7-2)15-9-8-13(17)14(19-15)12-18-16(3,4)5/h8-9,18H,6-7,10-12H2,1-5H3. The molecule has 0 aliphatic heterocycles. The van der Waals surface area contributed by atoms with Crippen molar-refractivity contribution in [3.05, 3.63) is 22.8 Å². The summed E-state index contributed by atoms with van der Waals surface area (Å²) in [6.45, 7) is 14.4. The van der Waals surface area contributed by atoms with Crippen molar-refractivity contribution in [3.63, 3.8) is 0 Å². The molecule has 4 nitrogen and oxygen atoms in total. The van der Waals surface area contributed by atoms with Gasteiger partial charge in [-0.3, -0.25) is 0 Å². The molecule has 0 aliphatic carbocycles. The minimum absolute atomic E-state index is 0.0421. The Balaban J connectivity index is 2.78. The molecule has 0 fully saturated rings. The van der Waals surface area contributed by atoms with Crippen LogP contribution in [-0.4, -0.2) is 36.8 Å². The van der Waals surface area contributed by atoms with Crippen LogP contribution in [0.2, 0.25) is 5.02 Å². The monoisotopic (exact) mass is 313 g/mol. The molecular weight excluding hydrogens is 286 g/mol. The van der Waals surface area contributed by atoms with Gasteiger partial charge in [-0.2, -0.15) is 0 Å². The number of nitrogens with one attached hydrogen (secondary N) is 1. The van der Waals surface area contributed by atoms with Crippen LogP contribution in [-0.2, 0) is 11.3 Å². The fraction of sp³-hybridized carbons (Fsp3) is 0.688. The molecule has 0 radical (unpaired) electrons. The van der Waals surface area contributed by atoms with E-state index < -0.39 is 0 Å². The number of hydrogen-bond acceptors (Lipinski definition) is 4. The second-order valence-corrected chi connectivity index (χ2v) is 6.39. The zero-order valence-electron chi connectivity index (χ0n) is 13.9. The molecule has 0 saturated carbocycles. The van der Waals surface area contributed by atoms with Gasteiger partial charge in [0, 0.05) is 31.8 Å². The van der Waals surface area contributed by atoms with Gasteiger partial charge >= 0.3 is 0 Å². The largest absolute Gasteiger partial charge is 0.380 e. The minimum Gasteiger partial charge on any atom is -0.380 e. The Morgan fingerprint density at radius 2 is 2.00 bits per heavy atom. The summed E-state index contributed by atoms with van der Waals surface area (Å²) in [5.41, 5.74) is 0.930. The van der Waals surface area contributed by atoms with Crippen LogP contribution in [0.5, 0.6) is 0 Å². The summed E-state index contributed by atoms with van der Waals surface area (Å²) >= 11 is 6.25. The molecule has 0 spiro atoms. The Labute approximate surface area is 133 Å². The van der Waals surface area contributed by atoms with E-state index in [-0.39, 0.29) is 5.54 Å². The molecule has 0 unspecified atom stereocenters. The summed E-state index contributed by atoms with van der Waals surface area (Å²) in [4.78, 5) is 6.90. The zero-order valence-corrected chi connectivity index (χ0v) is 14.6. The van der Waals surface area contributed by atoms with Gasteiger partial charge in [-0.15, -0.1) is 0 Å². The first-order valence-electron chi connectivity index (χ1n) is 7.60. The van der Waals surface area contributed by atoms with Gasteiger partial charge in [0.25, 0.3) is 0 Å². The summed E-state index contributed by atoms with van der Waals surface area (Å²) < 4.78 is 5.43. The van der Waals surface area contributed by atoms with E-state index in [1.807, 2.05) is 19.1 Å². The van der Waals surface area contributed by atoms with Gasteiger partial charge in [0.15, 0.2) is 0 Å². The molecular formula is C16H28ClN3O. The third kappa shape index (κ3) is 6.64. The summed E-state index contributed by atoms with van der Waals surface area (Å²) in [5, 5.41) is 4.13. The number of hydrogen-bond donors (Lipinski definition) is 1. The second kappa shape index (κ2) is 8.57. The molecule has 1 heterocycles. The van der Waals surface area contributed by atoms with Crippen molar-refractivity contribution >= 4 is 17.4 Å². The first-order valence-corrected chi connectivity index (χ1v) is 7.98. The zero-order chi connectivity index (χ0) is 15.9. The van der Waals surface area contributed by atoms with E-state index in [4.69, 9.17) is 21.3 Å². The molecule has 1 aromatic rings. The third-order valence-corrected chi connectivity index (χ3v) is 3.45. The van der Waals surface area contributed by atoms with Crippen molar-refractivity contribution in [1.82, 2.24) is 10.3 Å². The number of nitrogens with zero attached hydrogens (tertiary/aromatic N) is 2. The number of ether oxygens (including phenoxy) is 1. The normalized spacial score (nSPS) is 11.7. The quantitative estimate of drug-likeness (QED) is 0.746. The lowest BCUT2D eigenvalue weighted by atomic mass is 10.1.